The first-order chi connectivity index (χ1) is 44.5. The van der Waals surface area contributed by atoms with Gasteiger partial charge in [-0.2, -0.15) is 13.2 Å². The first-order valence-electron chi connectivity index (χ1n) is 27.7. The van der Waals surface area contributed by atoms with Gasteiger partial charge in [0.15, 0.2) is 0 Å². The van der Waals surface area contributed by atoms with E-state index in [0.717, 1.165) is 52.1 Å². The van der Waals surface area contributed by atoms with Crippen LogP contribution in [0.1, 0.15) is 107 Å². The predicted molar refractivity (Wildman–Crippen MR) is 330 cm³/mol. The Bertz CT molecular complexity index is 3070. The number of carbonyl (C=O) groups excluding carboxylic acids is 6. The van der Waals surface area contributed by atoms with Crippen LogP contribution in [0.15, 0.2) is 103 Å². The highest BCUT2D eigenvalue weighted by Crippen LogP contribution is 2.33. The maximum absolute atomic E-state index is 13.3. The van der Waals surface area contributed by atoms with Crippen molar-refractivity contribution in [2.45, 2.75) is 54.6 Å². The van der Waals surface area contributed by atoms with E-state index < -0.39 is 69.9 Å². The molecule has 0 spiro atoms. The molecule has 0 bridgehead atoms. The molecular formula is C62H74Cl2F6N6O18. The van der Waals surface area contributed by atoms with Gasteiger partial charge in [0.05, 0.1) is 117 Å². The van der Waals surface area contributed by atoms with Crippen LogP contribution in [0.5, 0.6) is 0 Å². The third-order valence-corrected chi connectivity index (χ3v) is 11.6. The van der Waals surface area contributed by atoms with Crippen LogP contribution in [0.2, 0.25) is 10.0 Å². The fraction of sp³-hybridized carbons (Fsp3) is 0.323. The summed E-state index contributed by atoms with van der Waals surface area (Å²) in [6, 6.07) is 25.5. The van der Waals surface area contributed by atoms with Crippen molar-refractivity contribution in [1.82, 2.24) is 32.9 Å². The Morgan fingerprint density at radius 1 is 0.351 bits per heavy atom. The van der Waals surface area contributed by atoms with Gasteiger partial charge in [-0.1, -0.05) is 70.7 Å². The van der Waals surface area contributed by atoms with Gasteiger partial charge >= 0.3 is 6.18 Å². The first-order valence-corrected chi connectivity index (χ1v) is 28.4. The molecule has 0 aliphatic heterocycles. The van der Waals surface area contributed by atoms with Gasteiger partial charge in [-0.3, -0.25) is 57.8 Å². The average Bonchev–Trinajstić information content (AvgIpc) is 0.859. The molecule has 32 heteroatoms. The lowest BCUT2D eigenvalue weighted by Gasteiger charge is -2.13. The van der Waals surface area contributed by atoms with E-state index in [9.17, 15) is 55.1 Å². The Kier molecular flexibility index (Phi) is 41.0. The van der Waals surface area contributed by atoms with Crippen LogP contribution in [0.25, 0.3) is 0 Å². The topological polar surface area (TPSA) is 351 Å². The number of carbonyl (C=O) groups is 6. The average molecular weight is 1380 g/mol. The second kappa shape index (κ2) is 46.0. The number of halogens is 8. The van der Waals surface area contributed by atoms with Crippen molar-refractivity contribution in [3.63, 3.8) is 0 Å². The second-order valence-electron chi connectivity index (χ2n) is 18.9. The lowest BCUT2D eigenvalue weighted by atomic mass is 10.0. The molecule has 6 rings (SSSR count). The number of nitrogens with one attached hydrogen (secondary N) is 6. The highest BCUT2D eigenvalue weighted by Gasteiger charge is 2.35. The third-order valence-electron chi connectivity index (χ3n) is 11.0. The monoisotopic (exact) mass is 1370 g/mol. The standard InChI is InChI=1S/C11H12F3NO3.C11H15NO3.2C10H12ClNO3.C10H11F2NO3.C10H12FNO3/c1-7-2-3-8(9(6-7)11(12,13)14)10(17)15-18-5-4-16;1-8-3-4-10(9(2)7-8)11(14)12-15-6-5-13;2*1-7-2-3-8(9(11)6-7)10(14)12-15-5-4-13;1-6-4-7(11)9(8(12)5-6)10(15)13-16-3-2-14;1-7-2-3-8(9(11)6-7)10(14)12-15-5-4-13/h2-3,6,16H,4-5H2,1H3,(H,15,17);3-4,7,13H,5-6H2,1-2H3,(H,12,14);2*2-3,6,13H,4-5H2,1H3,(H,12,14);4-5,14H,2-3H2,1H3,(H,13,15);2-3,6,13H,4-5H2,1H3,(H,12,14). The summed E-state index contributed by atoms with van der Waals surface area (Å²) in [7, 11) is 0. The van der Waals surface area contributed by atoms with Crippen LogP contribution < -0.4 is 32.9 Å². The van der Waals surface area contributed by atoms with Crippen molar-refractivity contribution >= 4 is 58.6 Å². The zero-order valence-electron chi connectivity index (χ0n) is 51.9. The number of aryl methyl sites for hydroxylation is 7. The molecule has 0 fully saturated rings. The number of alkyl halides is 3. The number of rotatable bonds is 24. The third kappa shape index (κ3) is 32.6. The number of benzene rings is 6. The van der Waals surface area contributed by atoms with E-state index in [0.29, 0.717) is 37.9 Å². The van der Waals surface area contributed by atoms with Gasteiger partial charge in [0.1, 0.15) is 23.0 Å². The highest BCUT2D eigenvalue weighted by molar-refractivity contribution is 6.34. The van der Waals surface area contributed by atoms with Crippen molar-refractivity contribution in [1.29, 1.82) is 0 Å². The van der Waals surface area contributed by atoms with Crippen LogP contribution >= 0.6 is 23.2 Å². The molecule has 6 aromatic carbocycles. The first kappa shape index (κ1) is 83.8. The molecule has 0 radical (unpaired) electrons. The van der Waals surface area contributed by atoms with Crippen molar-refractivity contribution in [3.8, 4) is 0 Å². The van der Waals surface area contributed by atoms with Crippen molar-refractivity contribution < 1.29 is 115 Å². The highest BCUT2D eigenvalue weighted by atomic mass is 35.5. The van der Waals surface area contributed by atoms with E-state index in [1.807, 2.05) is 56.3 Å². The van der Waals surface area contributed by atoms with Crippen LogP contribution in [0.4, 0.5) is 26.3 Å². The number of aliphatic hydroxyl groups excluding tert-OH is 6. The van der Waals surface area contributed by atoms with Crippen molar-refractivity contribution in [2.24, 2.45) is 0 Å². The van der Waals surface area contributed by atoms with Crippen molar-refractivity contribution in [3.05, 3.63) is 209 Å². The number of hydrogen-bond acceptors (Lipinski definition) is 18. The zero-order valence-corrected chi connectivity index (χ0v) is 53.4. The number of aliphatic hydroxyl groups is 6. The van der Waals surface area contributed by atoms with E-state index in [2.05, 4.69) is 40.6 Å². The van der Waals surface area contributed by atoms with E-state index in [1.165, 1.54) is 32.0 Å². The minimum atomic E-state index is -4.62. The van der Waals surface area contributed by atoms with E-state index in [1.54, 1.807) is 55.5 Å². The minimum Gasteiger partial charge on any atom is -0.394 e. The second-order valence-corrected chi connectivity index (χ2v) is 19.8. The largest absolute Gasteiger partial charge is 0.417 e. The molecule has 0 heterocycles. The Balaban J connectivity index is 0.000000565. The van der Waals surface area contributed by atoms with Crippen molar-refractivity contribution in [2.75, 3.05) is 79.3 Å². The quantitative estimate of drug-likeness (QED) is 0.0166. The Labute approximate surface area is 546 Å². The number of hydroxylamine groups is 6. The summed E-state index contributed by atoms with van der Waals surface area (Å²) in [4.78, 5) is 96.1. The molecule has 0 unspecified atom stereocenters. The predicted octanol–water partition coefficient (Wildman–Crippen LogP) is 6.94. The van der Waals surface area contributed by atoms with E-state index in [4.69, 9.17) is 58.7 Å². The zero-order chi connectivity index (χ0) is 70.9. The molecule has 516 valence electrons. The summed E-state index contributed by atoms with van der Waals surface area (Å²) >= 11 is 11.7. The molecule has 0 aliphatic rings. The van der Waals surface area contributed by atoms with Gasteiger partial charge in [0.25, 0.3) is 35.4 Å². The smallest absolute Gasteiger partial charge is 0.394 e. The Morgan fingerprint density at radius 3 is 0.947 bits per heavy atom. The van der Waals surface area contributed by atoms with Crippen LogP contribution in [-0.4, -0.2) is 145 Å². The molecular weight excluding hydrogens is 1300 g/mol. The minimum absolute atomic E-state index is 0.0286. The lowest BCUT2D eigenvalue weighted by molar-refractivity contribution is -0.138. The van der Waals surface area contributed by atoms with E-state index in [-0.39, 0.29) is 90.8 Å². The van der Waals surface area contributed by atoms with Gasteiger partial charge in [-0.05, 0) is 143 Å². The SMILES string of the molecule is Cc1cc(F)c(C(=O)NOCCO)c(F)c1.Cc1ccc(C(=O)NOCCO)c(C(F)(F)F)c1.Cc1ccc(C(=O)NOCCO)c(C)c1.Cc1ccc(C(=O)NOCCO)c(Cl)c1.Cc1ccc(C(=O)NOCCO)c(Cl)c1.Cc1ccc(C(=O)NOCCO)c(F)c1. The Hall–Kier alpha value is -8.18. The maximum atomic E-state index is 13.3. The van der Waals surface area contributed by atoms with Gasteiger partial charge in [0, 0.05) is 5.56 Å². The summed E-state index contributed by atoms with van der Waals surface area (Å²) in [5, 5.41) is 51.3. The summed E-state index contributed by atoms with van der Waals surface area (Å²) in [6.07, 6.45) is -4.62. The molecule has 6 amide bonds. The molecule has 0 saturated carbocycles. The summed E-state index contributed by atoms with van der Waals surface area (Å²) in [5.41, 5.74) is 16.7. The van der Waals surface area contributed by atoms with Crippen LogP contribution in [0, 0.1) is 65.9 Å². The lowest BCUT2D eigenvalue weighted by Crippen LogP contribution is -2.27. The normalized spacial score (nSPS) is 10.4. The maximum Gasteiger partial charge on any atom is 0.417 e. The summed E-state index contributed by atoms with van der Waals surface area (Å²) < 4.78 is 77.9. The van der Waals surface area contributed by atoms with Gasteiger partial charge in [-0.25, -0.2) is 46.1 Å². The van der Waals surface area contributed by atoms with E-state index >= 15 is 0 Å². The summed E-state index contributed by atoms with van der Waals surface area (Å²) in [5.74, 6) is -6.34. The fourth-order valence-electron chi connectivity index (χ4n) is 6.79. The number of amides is 6. The molecule has 0 saturated heterocycles. The molecule has 0 aromatic heterocycles. The molecule has 0 aliphatic carbocycles. The molecule has 24 nitrogen and oxygen atoms in total. The summed E-state index contributed by atoms with van der Waals surface area (Å²) in [6.45, 7) is 10.9. The molecule has 0 atom stereocenters. The Morgan fingerprint density at radius 2 is 0.617 bits per heavy atom. The van der Waals surface area contributed by atoms with Crippen LogP contribution in [0.3, 0.4) is 0 Å². The van der Waals surface area contributed by atoms with Gasteiger partial charge < -0.3 is 30.6 Å². The molecule has 6 aromatic rings. The number of hydrogen-bond donors (Lipinski definition) is 12. The van der Waals surface area contributed by atoms with Crippen LogP contribution in [-0.2, 0) is 35.2 Å². The van der Waals surface area contributed by atoms with Gasteiger partial charge in [0.2, 0.25) is 0 Å². The molecule has 12 N–H and O–H groups in total. The molecule has 94 heavy (non-hydrogen) atoms. The van der Waals surface area contributed by atoms with Gasteiger partial charge in [-0.15, -0.1) is 0 Å². The fourth-order valence-corrected chi connectivity index (χ4v) is 7.43.